The van der Waals surface area contributed by atoms with Crippen molar-refractivity contribution in [3.63, 3.8) is 0 Å². The maximum Gasteiger partial charge on any atom is 0.407 e. The maximum atomic E-state index is 13.4. The Labute approximate surface area is 124 Å². The number of nitrogens with two attached hydrogens (primary N) is 1. The van der Waals surface area contributed by atoms with Gasteiger partial charge in [-0.2, -0.15) is 0 Å². The van der Waals surface area contributed by atoms with Crippen LogP contribution in [0.5, 0.6) is 5.75 Å². The van der Waals surface area contributed by atoms with Gasteiger partial charge in [0.15, 0.2) is 0 Å². The Morgan fingerprint density at radius 2 is 2.10 bits per heavy atom. The van der Waals surface area contributed by atoms with Gasteiger partial charge in [-0.15, -0.1) is 0 Å². The van der Waals surface area contributed by atoms with Gasteiger partial charge in [0.1, 0.15) is 17.2 Å². The van der Waals surface area contributed by atoms with E-state index in [-0.39, 0.29) is 24.8 Å². The lowest BCUT2D eigenvalue weighted by Crippen LogP contribution is -2.36. The summed E-state index contributed by atoms with van der Waals surface area (Å²) in [6.07, 6.45) is -0.531. The molecule has 0 aromatic heterocycles. The molecule has 0 saturated carbocycles. The van der Waals surface area contributed by atoms with Gasteiger partial charge in [-0.05, 0) is 39.0 Å². The Balaban J connectivity index is 2.76. The van der Waals surface area contributed by atoms with Gasteiger partial charge in [-0.25, -0.2) is 9.18 Å². The van der Waals surface area contributed by atoms with Crippen molar-refractivity contribution in [3.8, 4) is 5.75 Å². The molecule has 1 amide bonds. The fraction of sp³-hybridized carbons (Fsp3) is 0.533. The minimum absolute atomic E-state index is 0.241. The standard InChI is InChI=1S/C15H23FN2O3/c1-15(2,3)21-14(19)18-9-10(8-17)12-7-11(16)5-6-13(12)20-4/h5-7,10H,8-9,17H2,1-4H3,(H,18,19). The fourth-order valence-corrected chi connectivity index (χ4v) is 1.87. The molecule has 1 unspecified atom stereocenters. The van der Waals surface area contributed by atoms with E-state index in [0.29, 0.717) is 11.3 Å². The second-order valence-corrected chi connectivity index (χ2v) is 5.70. The monoisotopic (exact) mass is 298 g/mol. The molecule has 1 atom stereocenters. The average molecular weight is 298 g/mol. The number of carbonyl (C=O) groups is 1. The molecule has 118 valence electrons. The number of nitrogens with one attached hydrogen (secondary N) is 1. The molecule has 0 fully saturated rings. The van der Waals surface area contributed by atoms with Crippen LogP contribution < -0.4 is 15.8 Å². The van der Waals surface area contributed by atoms with Crippen molar-refractivity contribution in [1.29, 1.82) is 0 Å². The molecule has 0 heterocycles. The summed E-state index contributed by atoms with van der Waals surface area (Å²) in [7, 11) is 1.51. The van der Waals surface area contributed by atoms with E-state index < -0.39 is 11.7 Å². The summed E-state index contributed by atoms with van der Waals surface area (Å²) in [5, 5.41) is 2.64. The number of hydrogen-bond acceptors (Lipinski definition) is 4. The molecule has 0 aliphatic carbocycles. The first-order valence-corrected chi connectivity index (χ1v) is 6.77. The lowest BCUT2D eigenvalue weighted by Gasteiger charge is -2.22. The van der Waals surface area contributed by atoms with E-state index in [1.165, 1.54) is 19.2 Å². The van der Waals surface area contributed by atoms with Gasteiger partial charge in [-0.3, -0.25) is 0 Å². The number of amides is 1. The van der Waals surface area contributed by atoms with E-state index in [4.69, 9.17) is 15.2 Å². The van der Waals surface area contributed by atoms with Gasteiger partial charge in [0.25, 0.3) is 0 Å². The lowest BCUT2D eigenvalue weighted by atomic mass is 9.98. The molecule has 0 radical (unpaired) electrons. The lowest BCUT2D eigenvalue weighted by molar-refractivity contribution is 0.0524. The quantitative estimate of drug-likeness (QED) is 0.875. The van der Waals surface area contributed by atoms with Crippen molar-refractivity contribution in [2.24, 2.45) is 5.73 Å². The number of halogens is 1. The predicted octanol–water partition coefficient (Wildman–Crippen LogP) is 2.40. The minimum atomic E-state index is -0.571. The van der Waals surface area contributed by atoms with Gasteiger partial charge >= 0.3 is 6.09 Å². The van der Waals surface area contributed by atoms with E-state index in [1.807, 2.05) is 0 Å². The average Bonchev–Trinajstić information content (AvgIpc) is 2.37. The van der Waals surface area contributed by atoms with Gasteiger partial charge in [0.05, 0.1) is 7.11 Å². The first-order valence-electron chi connectivity index (χ1n) is 6.77. The summed E-state index contributed by atoms with van der Waals surface area (Å²) in [6.45, 7) is 5.83. The third kappa shape index (κ3) is 5.59. The van der Waals surface area contributed by atoms with Crippen LogP contribution in [-0.2, 0) is 4.74 Å². The summed E-state index contributed by atoms with van der Waals surface area (Å²) < 4.78 is 23.7. The van der Waals surface area contributed by atoms with Crippen LogP contribution >= 0.6 is 0 Å². The maximum absolute atomic E-state index is 13.4. The Hall–Kier alpha value is -1.82. The van der Waals surface area contributed by atoms with Crippen LogP contribution in [0.1, 0.15) is 32.3 Å². The molecule has 0 bridgehead atoms. The number of methoxy groups -OCH3 is 1. The van der Waals surface area contributed by atoms with E-state index >= 15 is 0 Å². The van der Waals surface area contributed by atoms with E-state index in [2.05, 4.69) is 5.32 Å². The summed E-state index contributed by atoms with van der Waals surface area (Å²) in [5.41, 5.74) is 5.77. The van der Waals surface area contributed by atoms with Gasteiger partial charge < -0.3 is 20.5 Å². The topological polar surface area (TPSA) is 73.6 Å². The van der Waals surface area contributed by atoms with Crippen LogP contribution in [0.25, 0.3) is 0 Å². The Kier molecular flexibility index (Phi) is 5.96. The van der Waals surface area contributed by atoms with Crippen LogP contribution in [0, 0.1) is 5.82 Å². The number of alkyl carbamates (subject to hydrolysis) is 1. The molecule has 0 aliphatic heterocycles. The highest BCUT2D eigenvalue weighted by molar-refractivity contribution is 5.67. The highest BCUT2D eigenvalue weighted by Crippen LogP contribution is 2.26. The number of ether oxygens (including phenoxy) is 2. The molecule has 6 heteroatoms. The van der Waals surface area contributed by atoms with Crippen LogP contribution in [0.2, 0.25) is 0 Å². The first-order chi connectivity index (χ1) is 9.76. The highest BCUT2D eigenvalue weighted by atomic mass is 19.1. The molecule has 5 nitrogen and oxygen atoms in total. The van der Waals surface area contributed by atoms with Crippen molar-refractivity contribution >= 4 is 6.09 Å². The van der Waals surface area contributed by atoms with Crippen LogP contribution in [0.4, 0.5) is 9.18 Å². The predicted molar refractivity (Wildman–Crippen MR) is 79.0 cm³/mol. The molecule has 0 aliphatic rings. The van der Waals surface area contributed by atoms with Crippen molar-refractivity contribution in [3.05, 3.63) is 29.6 Å². The molecule has 1 aromatic carbocycles. The summed E-state index contributed by atoms with van der Waals surface area (Å²) in [5.74, 6) is -0.0949. The largest absolute Gasteiger partial charge is 0.496 e. The van der Waals surface area contributed by atoms with Crippen molar-refractivity contribution in [2.45, 2.75) is 32.3 Å². The van der Waals surface area contributed by atoms with Crippen LogP contribution in [0.3, 0.4) is 0 Å². The Morgan fingerprint density at radius 1 is 1.43 bits per heavy atom. The Morgan fingerprint density at radius 3 is 2.62 bits per heavy atom. The van der Waals surface area contributed by atoms with Crippen molar-refractivity contribution in [1.82, 2.24) is 5.32 Å². The highest BCUT2D eigenvalue weighted by Gasteiger charge is 2.20. The van der Waals surface area contributed by atoms with E-state index in [9.17, 15) is 9.18 Å². The number of rotatable bonds is 5. The summed E-state index contributed by atoms with van der Waals surface area (Å²) in [6, 6.07) is 4.23. The second-order valence-electron chi connectivity index (χ2n) is 5.70. The van der Waals surface area contributed by atoms with Crippen LogP contribution in [0.15, 0.2) is 18.2 Å². The van der Waals surface area contributed by atoms with Gasteiger partial charge in [-0.1, -0.05) is 0 Å². The molecule has 3 N–H and O–H groups in total. The summed E-state index contributed by atoms with van der Waals surface area (Å²) >= 11 is 0. The smallest absolute Gasteiger partial charge is 0.407 e. The second kappa shape index (κ2) is 7.26. The minimum Gasteiger partial charge on any atom is -0.496 e. The molecule has 0 spiro atoms. The molecule has 1 aromatic rings. The SMILES string of the molecule is COc1ccc(F)cc1C(CN)CNC(=O)OC(C)(C)C. The van der Waals surface area contributed by atoms with Crippen molar-refractivity contribution in [2.75, 3.05) is 20.2 Å². The zero-order valence-corrected chi connectivity index (χ0v) is 12.9. The molecule has 0 saturated heterocycles. The zero-order valence-electron chi connectivity index (χ0n) is 12.9. The number of hydrogen-bond donors (Lipinski definition) is 2. The van der Waals surface area contributed by atoms with Crippen LogP contribution in [-0.4, -0.2) is 31.9 Å². The zero-order chi connectivity index (χ0) is 16.0. The Bertz CT molecular complexity index is 486. The third-order valence-electron chi connectivity index (χ3n) is 2.81. The summed E-state index contributed by atoms with van der Waals surface area (Å²) in [4.78, 5) is 11.7. The number of benzene rings is 1. The fourth-order valence-electron chi connectivity index (χ4n) is 1.87. The first kappa shape index (κ1) is 17.2. The normalized spacial score (nSPS) is 12.7. The van der Waals surface area contributed by atoms with Gasteiger partial charge in [0.2, 0.25) is 0 Å². The third-order valence-corrected chi connectivity index (χ3v) is 2.81. The molecule has 21 heavy (non-hydrogen) atoms. The van der Waals surface area contributed by atoms with Crippen molar-refractivity contribution < 1.29 is 18.7 Å². The molecule has 1 rings (SSSR count). The number of carbonyl (C=O) groups excluding carboxylic acids is 1. The van der Waals surface area contributed by atoms with E-state index in [1.54, 1.807) is 26.8 Å². The van der Waals surface area contributed by atoms with E-state index in [0.717, 1.165) is 0 Å². The van der Waals surface area contributed by atoms with Gasteiger partial charge in [0, 0.05) is 24.6 Å². The molecular weight excluding hydrogens is 275 g/mol. The molecular formula is C15H23FN2O3.